The lowest BCUT2D eigenvalue weighted by molar-refractivity contribution is 0.0695. The van der Waals surface area contributed by atoms with E-state index in [2.05, 4.69) is 4.99 Å². The van der Waals surface area contributed by atoms with Gasteiger partial charge < -0.3 is 13.8 Å². The second-order valence-electron chi connectivity index (χ2n) is 5.18. The number of nitrogens with zero attached hydrogens (tertiary/aromatic N) is 1. The Hall–Kier alpha value is -0.290. The Labute approximate surface area is 125 Å². The zero-order chi connectivity index (χ0) is 15.2. The van der Waals surface area contributed by atoms with Crippen molar-refractivity contribution in [3.05, 3.63) is 11.2 Å². The van der Waals surface area contributed by atoms with Crippen LogP contribution in [-0.4, -0.2) is 30.1 Å². The van der Waals surface area contributed by atoms with Crippen LogP contribution in [0.4, 0.5) is 0 Å². The fourth-order valence-electron chi connectivity index (χ4n) is 1.51. The van der Waals surface area contributed by atoms with Crippen molar-refractivity contribution in [3.63, 3.8) is 0 Å². The molecule has 0 aromatic rings. The fourth-order valence-corrected chi connectivity index (χ4v) is 3.96. The summed E-state index contributed by atoms with van der Waals surface area (Å²) < 4.78 is 28.5. The van der Waals surface area contributed by atoms with Crippen molar-refractivity contribution in [3.8, 4) is 0 Å². The third-order valence-corrected chi connectivity index (χ3v) is 4.91. The molecule has 0 saturated heterocycles. The molecule has 0 atom stereocenters. The standard InChI is InChI=1S/C13H24NO4PS/c1-6-16-19(15,17-7-2)10-14-11-8-9-12(20-11)18-13(3,4)5/h9H,6-8,10H2,1-5H3/b14-11+. The average Bonchev–Trinajstić information content (AvgIpc) is 2.72. The summed E-state index contributed by atoms with van der Waals surface area (Å²) >= 11 is 1.47. The average molecular weight is 321 g/mol. The monoisotopic (exact) mass is 321 g/mol. The lowest BCUT2D eigenvalue weighted by Gasteiger charge is -2.21. The Kier molecular flexibility index (Phi) is 6.79. The van der Waals surface area contributed by atoms with E-state index in [1.165, 1.54) is 11.8 Å². The number of hydrogen-bond donors (Lipinski definition) is 0. The molecule has 0 aliphatic carbocycles. The number of ether oxygens (including phenoxy) is 1. The van der Waals surface area contributed by atoms with Gasteiger partial charge in [0.25, 0.3) is 0 Å². The van der Waals surface area contributed by atoms with E-state index in [9.17, 15) is 4.57 Å². The zero-order valence-electron chi connectivity index (χ0n) is 12.8. The van der Waals surface area contributed by atoms with Crippen LogP contribution in [0, 0.1) is 0 Å². The Morgan fingerprint density at radius 3 is 2.40 bits per heavy atom. The van der Waals surface area contributed by atoms with E-state index in [1.54, 1.807) is 13.8 Å². The minimum Gasteiger partial charge on any atom is -0.482 e. The topological polar surface area (TPSA) is 57.1 Å². The number of hydrogen-bond acceptors (Lipinski definition) is 6. The SMILES string of the molecule is CCOP(=O)(C/N=C1\CC=C(OC(C)(C)C)S1)OCC. The molecular weight excluding hydrogens is 297 g/mol. The van der Waals surface area contributed by atoms with Gasteiger partial charge in [0.1, 0.15) is 11.9 Å². The van der Waals surface area contributed by atoms with Gasteiger partial charge in [0, 0.05) is 6.42 Å². The summed E-state index contributed by atoms with van der Waals surface area (Å²) in [5.41, 5.74) is -0.222. The molecule has 20 heavy (non-hydrogen) atoms. The smallest absolute Gasteiger partial charge is 0.351 e. The van der Waals surface area contributed by atoms with Crippen molar-refractivity contribution in [2.24, 2.45) is 4.99 Å². The second kappa shape index (κ2) is 7.64. The van der Waals surface area contributed by atoms with Crippen molar-refractivity contribution in [1.29, 1.82) is 0 Å². The fraction of sp³-hybridized carbons (Fsp3) is 0.769. The van der Waals surface area contributed by atoms with Crippen LogP contribution in [0.3, 0.4) is 0 Å². The number of thioether (sulfide) groups is 1. The van der Waals surface area contributed by atoms with Crippen LogP contribution in [0.15, 0.2) is 16.2 Å². The molecule has 116 valence electrons. The normalized spacial score (nSPS) is 18.4. The molecule has 0 radical (unpaired) electrons. The second-order valence-corrected chi connectivity index (χ2v) is 8.28. The van der Waals surface area contributed by atoms with Crippen molar-refractivity contribution >= 4 is 24.4 Å². The maximum Gasteiger partial charge on any atom is 0.351 e. The van der Waals surface area contributed by atoms with Crippen LogP contribution in [0.25, 0.3) is 0 Å². The minimum atomic E-state index is -3.10. The molecule has 1 aliphatic rings. The van der Waals surface area contributed by atoms with E-state index in [0.29, 0.717) is 19.6 Å². The maximum absolute atomic E-state index is 12.3. The Morgan fingerprint density at radius 1 is 1.30 bits per heavy atom. The van der Waals surface area contributed by atoms with Crippen LogP contribution in [0.5, 0.6) is 0 Å². The summed E-state index contributed by atoms with van der Waals surface area (Å²) in [7, 11) is -3.10. The summed E-state index contributed by atoms with van der Waals surface area (Å²) in [5.74, 6) is 0. The Balaban J connectivity index is 2.55. The predicted octanol–water partition coefficient (Wildman–Crippen LogP) is 4.40. The molecule has 5 nitrogen and oxygen atoms in total. The highest BCUT2D eigenvalue weighted by Crippen LogP contribution is 2.48. The Morgan fingerprint density at radius 2 is 1.90 bits per heavy atom. The van der Waals surface area contributed by atoms with Gasteiger partial charge in [-0.25, -0.2) is 0 Å². The molecule has 0 aromatic carbocycles. The third kappa shape index (κ3) is 6.44. The molecular formula is C13H24NO4PS. The Bertz CT molecular complexity index is 419. The number of allylic oxidation sites excluding steroid dienone is 1. The van der Waals surface area contributed by atoms with E-state index >= 15 is 0 Å². The van der Waals surface area contributed by atoms with Crippen LogP contribution in [0.2, 0.25) is 0 Å². The lowest BCUT2D eigenvalue weighted by atomic mass is 10.2. The first-order valence-corrected chi connectivity index (χ1v) is 9.31. The highest BCUT2D eigenvalue weighted by atomic mass is 32.2. The van der Waals surface area contributed by atoms with Gasteiger partial charge in [-0.05, 0) is 52.5 Å². The predicted molar refractivity (Wildman–Crippen MR) is 84.3 cm³/mol. The summed E-state index contributed by atoms with van der Waals surface area (Å²) in [5, 5.41) is 1.72. The van der Waals surface area contributed by atoms with Gasteiger partial charge in [0.05, 0.1) is 18.3 Å². The highest BCUT2D eigenvalue weighted by Gasteiger charge is 2.25. The first-order valence-electron chi connectivity index (χ1n) is 6.76. The van der Waals surface area contributed by atoms with E-state index < -0.39 is 7.60 Å². The molecule has 7 heteroatoms. The molecule has 0 fully saturated rings. The van der Waals surface area contributed by atoms with E-state index in [0.717, 1.165) is 10.1 Å². The van der Waals surface area contributed by atoms with Gasteiger partial charge in [0.15, 0.2) is 5.09 Å². The van der Waals surface area contributed by atoms with Crippen molar-refractivity contribution in [2.45, 2.75) is 46.6 Å². The zero-order valence-corrected chi connectivity index (χ0v) is 14.6. The maximum atomic E-state index is 12.3. The summed E-state index contributed by atoms with van der Waals surface area (Å²) in [6.07, 6.45) is 2.75. The quantitative estimate of drug-likeness (QED) is 0.650. The van der Waals surface area contributed by atoms with Gasteiger partial charge in [-0.15, -0.1) is 0 Å². The molecule has 0 unspecified atom stereocenters. The summed E-state index contributed by atoms with van der Waals surface area (Å²) in [6, 6.07) is 0. The van der Waals surface area contributed by atoms with Gasteiger partial charge >= 0.3 is 7.60 Å². The molecule has 1 rings (SSSR count). The number of rotatable bonds is 7. The molecule has 1 heterocycles. The molecule has 0 spiro atoms. The molecule has 1 aliphatic heterocycles. The van der Waals surface area contributed by atoms with Crippen LogP contribution < -0.4 is 0 Å². The summed E-state index contributed by atoms with van der Waals surface area (Å²) in [4.78, 5) is 4.35. The largest absolute Gasteiger partial charge is 0.482 e. The van der Waals surface area contributed by atoms with Gasteiger partial charge in [-0.2, -0.15) is 0 Å². The van der Waals surface area contributed by atoms with Crippen molar-refractivity contribution in [1.82, 2.24) is 0 Å². The van der Waals surface area contributed by atoms with Crippen LogP contribution in [0.1, 0.15) is 41.0 Å². The van der Waals surface area contributed by atoms with E-state index in [1.807, 2.05) is 26.8 Å². The van der Waals surface area contributed by atoms with Gasteiger partial charge in [-0.1, -0.05) is 0 Å². The van der Waals surface area contributed by atoms with Gasteiger partial charge in [0.2, 0.25) is 0 Å². The molecule has 0 amide bonds. The summed E-state index contributed by atoms with van der Waals surface area (Å²) in [6.45, 7) is 10.3. The minimum absolute atomic E-state index is 0.0631. The van der Waals surface area contributed by atoms with E-state index in [-0.39, 0.29) is 11.9 Å². The molecule has 0 aromatic heterocycles. The highest BCUT2D eigenvalue weighted by molar-refractivity contribution is 8.17. The first kappa shape index (κ1) is 17.8. The lowest BCUT2D eigenvalue weighted by Crippen LogP contribution is -2.17. The first-order chi connectivity index (χ1) is 9.28. The van der Waals surface area contributed by atoms with Gasteiger partial charge in [-0.3, -0.25) is 9.56 Å². The van der Waals surface area contributed by atoms with Crippen molar-refractivity contribution < 1.29 is 18.3 Å². The van der Waals surface area contributed by atoms with Crippen LogP contribution >= 0.6 is 19.4 Å². The number of aliphatic imine (C=N–C) groups is 1. The van der Waals surface area contributed by atoms with E-state index in [4.69, 9.17) is 13.8 Å². The third-order valence-electron chi connectivity index (χ3n) is 2.14. The van der Waals surface area contributed by atoms with Crippen LogP contribution in [-0.2, 0) is 18.3 Å². The van der Waals surface area contributed by atoms with Crippen molar-refractivity contribution in [2.75, 3.05) is 19.5 Å². The molecule has 0 bridgehead atoms. The molecule has 0 N–H and O–H groups in total. The molecule has 0 saturated carbocycles.